The van der Waals surface area contributed by atoms with Crippen molar-refractivity contribution in [1.29, 1.82) is 0 Å². The maximum atomic E-state index is 12.5. The number of hydrogen-bond donors (Lipinski definition) is 0. The molecule has 0 aliphatic heterocycles. The summed E-state index contributed by atoms with van der Waals surface area (Å²) in [5.74, 6) is 0.437. The Hall–Kier alpha value is -1.94. The van der Waals surface area contributed by atoms with Crippen LogP contribution in [0.5, 0.6) is 0 Å². The average molecular weight is 370 g/mol. The third kappa shape index (κ3) is 3.35. The van der Waals surface area contributed by atoms with Crippen LogP contribution in [0.4, 0.5) is 5.82 Å². The molecular formula is C21H24ClN3O. The molecule has 0 fully saturated rings. The Morgan fingerprint density at radius 2 is 1.92 bits per heavy atom. The van der Waals surface area contributed by atoms with Crippen molar-refractivity contribution in [3.05, 3.63) is 52.0 Å². The SMILES string of the molecule is Cc1cc(CN(C(=O)CCl)c2cnc3c(n2)CCCC3)cc2c1CCC2. The Morgan fingerprint density at radius 3 is 2.73 bits per heavy atom. The number of benzene rings is 1. The lowest BCUT2D eigenvalue weighted by Crippen LogP contribution is -2.33. The summed E-state index contributed by atoms with van der Waals surface area (Å²) in [5, 5.41) is 0. The number of anilines is 1. The number of amides is 1. The Morgan fingerprint density at radius 1 is 1.12 bits per heavy atom. The maximum absolute atomic E-state index is 12.5. The number of hydrogen-bond acceptors (Lipinski definition) is 3. The van der Waals surface area contributed by atoms with Gasteiger partial charge in [0.2, 0.25) is 5.91 Å². The van der Waals surface area contributed by atoms with Gasteiger partial charge in [-0.1, -0.05) is 12.1 Å². The fourth-order valence-electron chi connectivity index (χ4n) is 4.22. The van der Waals surface area contributed by atoms with E-state index in [1.54, 1.807) is 11.1 Å². The molecule has 2 aromatic rings. The normalized spacial score (nSPS) is 15.5. The first-order valence-electron chi connectivity index (χ1n) is 9.48. The van der Waals surface area contributed by atoms with E-state index in [9.17, 15) is 4.79 Å². The molecule has 0 bridgehead atoms. The van der Waals surface area contributed by atoms with Crippen LogP contribution in [0, 0.1) is 6.92 Å². The van der Waals surface area contributed by atoms with Gasteiger partial charge in [-0.25, -0.2) is 4.98 Å². The Kier molecular flexibility index (Phi) is 4.94. The van der Waals surface area contributed by atoms with Crippen LogP contribution >= 0.6 is 11.6 Å². The monoisotopic (exact) mass is 369 g/mol. The second kappa shape index (κ2) is 7.36. The van der Waals surface area contributed by atoms with E-state index in [-0.39, 0.29) is 11.8 Å². The summed E-state index contributed by atoms with van der Waals surface area (Å²) < 4.78 is 0. The first kappa shape index (κ1) is 17.5. The molecule has 5 heteroatoms. The van der Waals surface area contributed by atoms with Crippen LogP contribution < -0.4 is 4.90 Å². The number of carbonyl (C=O) groups is 1. The minimum atomic E-state index is -0.130. The fraction of sp³-hybridized carbons (Fsp3) is 0.476. The van der Waals surface area contributed by atoms with Crippen LogP contribution in [-0.4, -0.2) is 21.8 Å². The second-order valence-corrected chi connectivity index (χ2v) is 7.61. The topological polar surface area (TPSA) is 46.1 Å². The first-order valence-corrected chi connectivity index (χ1v) is 10.0. The van der Waals surface area contributed by atoms with Gasteiger partial charge in [0, 0.05) is 0 Å². The summed E-state index contributed by atoms with van der Waals surface area (Å²) in [6.45, 7) is 2.66. The van der Waals surface area contributed by atoms with Crippen molar-refractivity contribution in [2.24, 2.45) is 0 Å². The summed E-state index contributed by atoms with van der Waals surface area (Å²) in [6.07, 6.45) is 9.48. The zero-order valence-electron chi connectivity index (χ0n) is 15.2. The van der Waals surface area contributed by atoms with Gasteiger partial charge < -0.3 is 0 Å². The lowest BCUT2D eigenvalue weighted by atomic mass is 10.00. The van der Waals surface area contributed by atoms with Gasteiger partial charge in [-0.2, -0.15) is 0 Å². The molecule has 26 heavy (non-hydrogen) atoms. The maximum Gasteiger partial charge on any atom is 0.243 e. The molecule has 0 unspecified atom stereocenters. The Bertz CT molecular complexity index is 849. The van der Waals surface area contributed by atoms with Gasteiger partial charge in [0.25, 0.3) is 0 Å². The number of halogens is 1. The van der Waals surface area contributed by atoms with Crippen molar-refractivity contribution in [2.45, 2.75) is 58.4 Å². The molecule has 1 aromatic heterocycles. The third-order valence-electron chi connectivity index (χ3n) is 5.53. The molecule has 0 saturated heterocycles. The van der Waals surface area contributed by atoms with Crippen molar-refractivity contribution >= 4 is 23.3 Å². The number of aromatic nitrogens is 2. The van der Waals surface area contributed by atoms with Gasteiger partial charge >= 0.3 is 0 Å². The van der Waals surface area contributed by atoms with E-state index >= 15 is 0 Å². The number of alkyl halides is 1. The largest absolute Gasteiger partial charge is 0.290 e. The summed E-state index contributed by atoms with van der Waals surface area (Å²) in [6, 6.07) is 4.44. The van der Waals surface area contributed by atoms with Crippen LogP contribution in [0.1, 0.15) is 52.9 Å². The molecule has 0 atom stereocenters. The Labute approximate surface area is 159 Å². The molecule has 4 rings (SSSR count). The molecule has 1 aromatic carbocycles. The lowest BCUT2D eigenvalue weighted by Gasteiger charge is -2.23. The first-order chi connectivity index (χ1) is 12.7. The molecule has 136 valence electrons. The lowest BCUT2D eigenvalue weighted by molar-refractivity contribution is -0.116. The van der Waals surface area contributed by atoms with Gasteiger partial charge in [0.05, 0.1) is 24.1 Å². The molecule has 0 spiro atoms. The van der Waals surface area contributed by atoms with Gasteiger partial charge in [-0.15, -0.1) is 11.6 Å². The summed E-state index contributed by atoms with van der Waals surface area (Å²) in [7, 11) is 0. The van der Waals surface area contributed by atoms with Crippen molar-refractivity contribution in [3.8, 4) is 0 Å². The van der Waals surface area contributed by atoms with Crippen molar-refractivity contribution in [1.82, 2.24) is 9.97 Å². The number of fused-ring (bicyclic) bond motifs is 2. The number of carbonyl (C=O) groups excluding carboxylic acids is 1. The van der Waals surface area contributed by atoms with Gasteiger partial charge in [-0.05, 0) is 74.1 Å². The number of nitrogens with zero attached hydrogens (tertiary/aromatic N) is 3. The van der Waals surface area contributed by atoms with Crippen molar-refractivity contribution in [3.63, 3.8) is 0 Å². The van der Waals surface area contributed by atoms with Crippen LogP contribution in [0.2, 0.25) is 0 Å². The van der Waals surface area contributed by atoms with Crippen molar-refractivity contribution < 1.29 is 4.79 Å². The standard InChI is InChI=1S/C21H24ClN3O/c1-14-9-15(10-16-5-4-6-17(14)16)13-25(21(26)11-22)20-12-23-18-7-2-3-8-19(18)24-20/h9-10,12H,2-8,11,13H2,1H3. The highest BCUT2D eigenvalue weighted by atomic mass is 35.5. The van der Waals surface area contributed by atoms with E-state index < -0.39 is 0 Å². The second-order valence-electron chi connectivity index (χ2n) is 7.35. The highest BCUT2D eigenvalue weighted by molar-refractivity contribution is 6.29. The predicted octanol–water partition coefficient (Wildman–Crippen LogP) is 3.92. The van der Waals surface area contributed by atoms with Gasteiger partial charge in [0.1, 0.15) is 5.88 Å². The quantitative estimate of drug-likeness (QED) is 0.767. The molecule has 1 heterocycles. The van der Waals surface area contributed by atoms with E-state index in [2.05, 4.69) is 24.0 Å². The van der Waals surface area contributed by atoms with Crippen LogP contribution in [-0.2, 0) is 37.0 Å². The molecule has 2 aliphatic carbocycles. The molecule has 4 nitrogen and oxygen atoms in total. The molecule has 1 amide bonds. The molecule has 0 N–H and O–H groups in total. The van der Waals surface area contributed by atoms with E-state index in [1.807, 2.05) is 0 Å². The average Bonchev–Trinajstić information content (AvgIpc) is 3.14. The van der Waals surface area contributed by atoms with Crippen LogP contribution in [0.25, 0.3) is 0 Å². The minimum absolute atomic E-state index is 0.0529. The molecule has 2 aliphatic rings. The summed E-state index contributed by atoms with van der Waals surface area (Å²) in [4.78, 5) is 23.5. The van der Waals surface area contributed by atoms with E-state index in [0.717, 1.165) is 42.6 Å². The fourth-order valence-corrected chi connectivity index (χ4v) is 4.36. The van der Waals surface area contributed by atoms with Gasteiger partial charge in [0.15, 0.2) is 5.82 Å². The molecule has 0 saturated carbocycles. The van der Waals surface area contributed by atoms with E-state index in [1.165, 1.54) is 36.0 Å². The zero-order chi connectivity index (χ0) is 18.1. The van der Waals surface area contributed by atoms with Gasteiger partial charge in [-0.3, -0.25) is 14.7 Å². The third-order valence-corrected chi connectivity index (χ3v) is 5.75. The number of aryl methyl sites for hydroxylation is 4. The molecular weight excluding hydrogens is 346 g/mol. The summed E-state index contributed by atoms with van der Waals surface area (Å²) >= 11 is 5.89. The summed E-state index contributed by atoms with van der Waals surface area (Å²) in [5.41, 5.74) is 7.48. The van der Waals surface area contributed by atoms with Crippen LogP contribution in [0.3, 0.4) is 0 Å². The predicted molar refractivity (Wildman–Crippen MR) is 104 cm³/mol. The van der Waals surface area contributed by atoms with Crippen molar-refractivity contribution in [2.75, 3.05) is 10.8 Å². The highest BCUT2D eigenvalue weighted by Gasteiger charge is 2.22. The zero-order valence-corrected chi connectivity index (χ0v) is 16.0. The van der Waals surface area contributed by atoms with E-state index in [0.29, 0.717) is 12.4 Å². The molecule has 0 radical (unpaired) electrons. The smallest absolute Gasteiger partial charge is 0.243 e. The highest BCUT2D eigenvalue weighted by Crippen LogP contribution is 2.28. The van der Waals surface area contributed by atoms with Crippen LogP contribution in [0.15, 0.2) is 18.3 Å². The van der Waals surface area contributed by atoms with E-state index in [4.69, 9.17) is 16.6 Å². The number of rotatable bonds is 4. The minimum Gasteiger partial charge on any atom is -0.290 e. The Balaban J connectivity index is 1.66.